The first kappa shape index (κ1) is 9.93. The molecule has 0 radical (unpaired) electrons. The molecule has 0 aromatic rings. The van der Waals surface area contributed by atoms with Crippen LogP contribution in [0.2, 0.25) is 0 Å². The van der Waals surface area contributed by atoms with Gasteiger partial charge in [-0.25, -0.2) is 0 Å². The molecule has 0 bridgehead atoms. The highest BCUT2D eigenvalue weighted by molar-refractivity contribution is 5.81. The maximum absolute atomic E-state index is 12.0. The van der Waals surface area contributed by atoms with Gasteiger partial charge in [-0.3, -0.25) is 4.79 Å². The van der Waals surface area contributed by atoms with Gasteiger partial charge in [0.25, 0.3) is 5.91 Å². The molecule has 0 spiro atoms. The maximum atomic E-state index is 12.0. The topological polar surface area (TPSA) is 55.6 Å². The van der Waals surface area contributed by atoms with E-state index < -0.39 is 0 Å². The summed E-state index contributed by atoms with van der Waals surface area (Å²) in [7, 11) is 0. The van der Waals surface area contributed by atoms with Crippen molar-refractivity contribution in [3.63, 3.8) is 0 Å². The Kier molecular flexibility index (Phi) is 3.03. The van der Waals surface area contributed by atoms with Crippen molar-refractivity contribution in [1.82, 2.24) is 4.90 Å². The summed E-state index contributed by atoms with van der Waals surface area (Å²) in [5, 5.41) is 0. The normalized spacial score (nSPS) is 32.5. The second-order valence-electron chi connectivity index (χ2n) is 4.07. The number of nitrogens with zero attached hydrogens (tertiary/aromatic N) is 1. The van der Waals surface area contributed by atoms with Gasteiger partial charge in [0, 0.05) is 25.7 Å². The number of likely N-dealkylation sites (tertiary alicyclic amines) is 1. The number of ether oxygens (including phenoxy) is 1. The Balaban J connectivity index is 1.95. The standard InChI is InChI=1S/C10H18N2O2/c11-7-8-3-1-5-12(8)10(13)9-4-2-6-14-9/h8-9H,1-7,11H2/t8?,9-/m0/s1. The van der Waals surface area contributed by atoms with Crippen LogP contribution in [-0.2, 0) is 9.53 Å². The van der Waals surface area contributed by atoms with E-state index in [1.807, 2.05) is 4.90 Å². The second-order valence-corrected chi connectivity index (χ2v) is 4.07. The molecule has 4 heteroatoms. The number of hydrogen-bond donors (Lipinski definition) is 1. The number of nitrogens with two attached hydrogens (primary N) is 1. The predicted octanol–water partition coefficient (Wildman–Crippen LogP) is 0.115. The van der Waals surface area contributed by atoms with Gasteiger partial charge < -0.3 is 15.4 Å². The molecule has 2 rings (SSSR count). The van der Waals surface area contributed by atoms with Crippen molar-refractivity contribution in [2.75, 3.05) is 19.7 Å². The van der Waals surface area contributed by atoms with E-state index >= 15 is 0 Å². The zero-order chi connectivity index (χ0) is 9.97. The van der Waals surface area contributed by atoms with Gasteiger partial charge >= 0.3 is 0 Å². The van der Waals surface area contributed by atoms with E-state index in [4.69, 9.17) is 10.5 Å². The molecule has 2 atom stereocenters. The van der Waals surface area contributed by atoms with Crippen molar-refractivity contribution < 1.29 is 9.53 Å². The zero-order valence-corrected chi connectivity index (χ0v) is 8.45. The van der Waals surface area contributed by atoms with E-state index in [0.717, 1.165) is 38.8 Å². The first-order chi connectivity index (χ1) is 6.83. The molecule has 1 amide bonds. The summed E-state index contributed by atoms with van der Waals surface area (Å²) in [5.74, 6) is 0.162. The average Bonchev–Trinajstić information content (AvgIpc) is 2.87. The minimum Gasteiger partial charge on any atom is -0.368 e. The summed E-state index contributed by atoms with van der Waals surface area (Å²) in [6.45, 7) is 2.18. The van der Waals surface area contributed by atoms with Crippen molar-refractivity contribution >= 4 is 5.91 Å². The minimum absolute atomic E-state index is 0.162. The maximum Gasteiger partial charge on any atom is 0.251 e. The Morgan fingerprint density at radius 3 is 2.93 bits per heavy atom. The smallest absolute Gasteiger partial charge is 0.251 e. The number of amides is 1. The third-order valence-corrected chi connectivity index (χ3v) is 3.14. The van der Waals surface area contributed by atoms with Crippen LogP contribution in [0.15, 0.2) is 0 Å². The molecule has 0 saturated carbocycles. The van der Waals surface area contributed by atoms with Crippen LogP contribution in [-0.4, -0.2) is 42.6 Å². The molecule has 4 nitrogen and oxygen atoms in total. The quantitative estimate of drug-likeness (QED) is 0.685. The molecule has 2 heterocycles. The SMILES string of the molecule is NCC1CCCN1C(=O)[C@@H]1CCCO1. The van der Waals surface area contributed by atoms with Crippen LogP contribution in [0, 0.1) is 0 Å². The van der Waals surface area contributed by atoms with Crippen molar-refractivity contribution in [1.29, 1.82) is 0 Å². The highest BCUT2D eigenvalue weighted by Gasteiger charge is 2.34. The fraction of sp³-hybridized carbons (Fsp3) is 0.900. The van der Waals surface area contributed by atoms with Crippen molar-refractivity contribution in [2.24, 2.45) is 5.73 Å². The Bertz CT molecular complexity index is 214. The van der Waals surface area contributed by atoms with Gasteiger partial charge in [0.2, 0.25) is 0 Å². The van der Waals surface area contributed by atoms with E-state index in [-0.39, 0.29) is 18.1 Å². The molecule has 1 unspecified atom stereocenters. The van der Waals surface area contributed by atoms with E-state index in [2.05, 4.69) is 0 Å². The molecule has 0 aromatic carbocycles. The lowest BCUT2D eigenvalue weighted by atomic mass is 10.2. The zero-order valence-electron chi connectivity index (χ0n) is 8.45. The predicted molar refractivity (Wildman–Crippen MR) is 52.8 cm³/mol. The van der Waals surface area contributed by atoms with Crippen molar-refractivity contribution in [3.8, 4) is 0 Å². The summed E-state index contributed by atoms with van der Waals surface area (Å²) in [4.78, 5) is 13.9. The van der Waals surface area contributed by atoms with E-state index in [0.29, 0.717) is 6.54 Å². The van der Waals surface area contributed by atoms with Crippen LogP contribution >= 0.6 is 0 Å². The van der Waals surface area contributed by atoms with Gasteiger partial charge in [-0.2, -0.15) is 0 Å². The van der Waals surface area contributed by atoms with Crippen LogP contribution in [0.5, 0.6) is 0 Å². The molecule has 0 aliphatic carbocycles. The Labute approximate surface area is 84.4 Å². The largest absolute Gasteiger partial charge is 0.368 e. The summed E-state index contributed by atoms with van der Waals surface area (Å²) >= 11 is 0. The fourth-order valence-corrected chi connectivity index (χ4v) is 2.33. The first-order valence-corrected chi connectivity index (χ1v) is 5.45. The molecule has 80 valence electrons. The van der Waals surface area contributed by atoms with Gasteiger partial charge in [0.1, 0.15) is 6.10 Å². The molecule has 2 N–H and O–H groups in total. The van der Waals surface area contributed by atoms with Crippen LogP contribution in [0.4, 0.5) is 0 Å². The molecule has 14 heavy (non-hydrogen) atoms. The molecule has 2 saturated heterocycles. The van der Waals surface area contributed by atoms with Gasteiger partial charge in [-0.05, 0) is 25.7 Å². The number of carbonyl (C=O) groups is 1. The molecular weight excluding hydrogens is 180 g/mol. The number of rotatable bonds is 2. The van der Waals surface area contributed by atoms with Crippen LogP contribution in [0.1, 0.15) is 25.7 Å². The summed E-state index contributed by atoms with van der Waals surface area (Å²) in [6, 6.07) is 0.256. The lowest BCUT2D eigenvalue weighted by Gasteiger charge is -2.25. The fourth-order valence-electron chi connectivity index (χ4n) is 2.33. The molecule has 2 aliphatic heterocycles. The minimum atomic E-state index is -0.179. The van der Waals surface area contributed by atoms with Gasteiger partial charge in [-0.1, -0.05) is 0 Å². The summed E-state index contributed by atoms with van der Waals surface area (Å²) < 4.78 is 5.39. The highest BCUT2D eigenvalue weighted by Crippen LogP contribution is 2.21. The molecule has 2 fully saturated rings. The van der Waals surface area contributed by atoms with Crippen LogP contribution < -0.4 is 5.73 Å². The van der Waals surface area contributed by atoms with Crippen molar-refractivity contribution in [2.45, 2.75) is 37.8 Å². The third kappa shape index (κ3) is 1.77. The van der Waals surface area contributed by atoms with E-state index in [9.17, 15) is 4.79 Å². The van der Waals surface area contributed by atoms with Crippen LogP contribution in [0.25, 0.3) is 0 Å². The van der Waals surface area contributed by atoms with E-state index in [1.165, 1.54) is 0 Å². The Morgan fingerprint density at radius 2 is 2.29 bits per heavy atom. The lowest BCUT2D eigenvalue weighted by molar-refractivity contribution is -0.141. The molecular formula is C10H18N2O2. The highest BCUT2D eigenvalue weighted by atomic mass is 16.5. The second kappa shape index (κ2) is 4.28. The third-order valence-electron chi connectivity index (χ3n) is 3.14. The monoisotopic (exact) mass is 198 g/mol. The molecule has 2 aliphatic rings. The molecule has 0 aromatic heterocycles. The Hall–Kier alpha value is -0.610. The number of hydrogen-bond acceptors (Lipinski definition) is 3. The lowest BCUT2D eigenvalue weighted by Crippen LogP contribution is -2.44. The van der Waals surface area contributed by atoms with E-state index in [1.54, 1.807) is 0 Å². The summed E-state index contributed by atoms with van der Waals surface area (Å²) in [6.07, 6.45) is 3.85. The van der Waals surface area contributed by atoms with Gasteiger partial charge in [0.15, 0.2) is 0 Å². The van der Waals surface area contributed by atoms with Gasteiger partial charge in [-0.15, -0.1) is 0 Å². The summed E-state index contributed by atoms with van der Waals surface area (Å²) in [5.41, 5.74) is 5.63. The number of carbonyl (C=O) groups excluding carboxylic acids is 1. The Morgan fingerprint density at radius 1 is 1.43 bits per heavy atom. The van der Waals surface area contributed by atoms with Crippen molar-refractivity contribution in [3.05, 3.63) is 0 Å². The first-order valence-electron chi connectivity index (χ1n) is 5.45. The van der Waals surface area contributed by atoms with Crippen LogP contribution in [0.3, 0.4) is 0 Å². The van der Waals surface area contributed by atoms with Gasteiger partial charge in [0.05, 0.1) is 0 Å². The average molecular weight is 198 g/mol.